The number of aromatic nitrogens is 3. The number of carbonyl (C=O) groups is 1. The van der Waals surface area contributed by atoms with Crippen LogP contribution in [0.5, 0.6) is 0 Å². The van der Waals surface area contributed by atoms with Crippen molar-refractivity contribution in [2.75, 3.05) is 0 Å². The lowest BCUT2D eigenvalue weighted by atomic mass is 10.1. The van der Waals surface area contributed by atoms with Crippen LogP contribution in [-0.2, 0) is 11.3 Å². The van der Waals surface area contributed by atoms with E-state index in [-0.39, 0.29) is 24.2 Å². The van der Waals surface area contributed by atoms with Crippen LogP contribution in [0.25, 0.3) is 32.8 Å². The number of hydrogen-bond acceptors (Lipinski definition) is 8. The number of halogens is 1. The molecule has 0 spiro atoms. The second-order valence-electron chi connectivity index (χ2n) is 7.07. The fourth-order valence-electron chi connectivity index (χ4n) is 3.47. The van der Waals surface area contributed by atoms with E-state index in [0.717, 1.165) is 5.56 Å². The summed E-state index contributed by atoms with van der Waals surface area (Å²) in [7, 11) is 0. The molecule has 5 aromatic rings. The van der Waals surface area contributed by atoms with Crippen molar-refractivity contribution >= 4 is 27.4 Å². The molecule has 7 nitrogen and oxygen atoms in total. The van der Waals surface area contributed by atoms with E-state index in [0.29, 0.717) is 37.5 Å². The van der Waals surface area contributed by atoms with E-state index in [1.165, 1.54) is 17.4 Å². The molecule has 0 saturated heterocycles. The number of benzene rings is 2. The maximum Gasteiger partial charge on any atom is 0.349 e. The van der Waals surface area contributed by atoms with Gasteiger partial charge in [-0.15, -0.1) is 21.5 Å². The lowest BCUT2D eigenvalue weighted by molar-refractivity contribution is 0.0444. The zero-order chi connectivity index (χ0) is 22.2. The molecule has 3 aromatic heterocycles. The number of hydrogen-bond donors (Lipinski definition) is 0. The summed E-state index contributed by atoms with van der Waals surface area (Å²) in [6.45, 7) is 3.23. The zero-order valence-corrected chi connectivity index (χ0v) is 17.9. The minimum Gasteiger partial charge on any atom is -0.451 e. The Bertz CT molecular complexity index is 1440. The average molecular weight is 449 g/mol. The van der Waals surface area contributed by atoms with Crippen molar-refractivity contribution in [1.82, 2.24) is 15.4 Å². The van der Waals surface area contributed by atoms with Crippen molar-refractivity contribution in [2.24, 2.45) is 0 Å². The number of fused-ring (bicyclic) bond motifs is 1. The lowest BCUT2D eigenvalue weighted by Crippen LogP contribution is -2.05. The molecule has 0 aliphatic heterocycles. The molecule has 9 heteroatoms. The third kappa shape index (κ3) is 3.46. The van der Waals surface area contributed by atoms with Gasteiger partial charge in [0, 0.05) is 15.6 Å². The van der Waals surface area contributed by atoms with Crippen molar-refractivity contribution in [3.05, 3.63) is 76.4 Å². The summed E-state index contributed by atoms with van der Waals surface area (Å²) in [5, 5.41) is 12.6. The van der Waals surface area contributed by atoms with Crippen LogP contribution in [0.2, 0.25) is 0 Å². The van der Waals surface area contributed by atoms with Gasteiger partial charge in [0.2, 0.25) is 0 Å². The van der Waals surface area contributed by atoms with E-state index >= 15 is 0 Å². The maximum absolute atomic E-state index is 14.1. The smallest absolute Gasteiger partial charge is 0.349 e. The highest BCUT2D eigenvalue weighted by Crippen LogP contribution is 2.34. The number of ether oxygens (including phenoxy) is 1. The van der Waals surface area contributed by atoms with E-state index in [4.69, 9.17) is 13.7 Å². The molecular formula is C23H16FN3O4S. The van der Waals surface area contributed by atoms with Gasteiger partial charge in [-0.2, -0.15) is 0 Å². The number of rotatable bonds is 5. The van der Waals surface area contributed by atoms with Crippen LogP contribution >= 0.6 is 11.3 Å². The van der Waals surface area contributed by atoms with Gasteiger partial charge in [-0.25, -0.2) is 9.18 Å². The Labute approximate surface area is 185 Å². The number of thiophene rings is 1. The number of carbonyl (C=O) groups excluding carboxylic acids is 1. The fourth-order valence-corrected chi connectivity index (χ4v) is 4.59. The molecule has 0 unspecified atom stereocenters. The number of nitrogens with zero attached hydrogens (tertiary/aromatic N) is 3. The minimum absolute atomic E-state index is 0.123. The summed E-state index contributed by atoms with van der Waals surface area (Å²) in [5.74, 6) is -0.0743. The van der Waals surface area contributed by atoms with Crippen LogP contribution in [0.15, 0.2) is 57.5 Å². The van der Waals surface area contributed by atoms with Gasteiger partial charge in [0.1, 0.15) is 27.7 Å². The Morgan fingerprint density at radius 1 is 1.09 bits per heavy atom. The van der Waals surface area contributed by atoms with Crippen LogP contribution < -0.4 is 0 Å². The van der Waals surface area contributed by atoms with E-state index in [2.05, 4.69) is 15.4 Å². The molecule has 0 N–H and O–H groups in total. The van der Waals surface area contributed by atoms with Crippen molar-refractivity contribution < 1.29 is 22.9 Å². The van der Waals surface area contributed by atoms with Crippen LogP contribution in [0.4, 0.5) is 4.39 Å². The first-order valence-electron chi connectivity index (χ1n) is 9.72. The van der Waals surface area contributed by atoms with Crippen molar-refractivity contribution in [3.8, 4) is 22.7 Å². The van der Waals surface area contributed by atoms with Crippen molar-refractivity contribution in [3.63, 3.8) is 0 Å². The third-order valence-corrected chi connectivity index (χ3v) is 6.24. The largest absolute Gasteiger partial charge is 0.451 e. The molecule has 0 aliphatic carbocycles. The summed E-state index contributed by atoms with van der Waals surface area (Å²) in [5.41, 5.74) is 2.56. The van der Waals surface area contributed by atoms with Gasteiger partial charge in [0.25, 0.3) is 11.8 Å². The summed E-state index contributed by atoms with van der Waals surface area (Å²) >= 11 is 1.18. The second-order valence-corrected chi connectivity index (χ2v) is 8.13. The molecule has 2 aromatic carbocycles. The molecule has 0 fully saturated rings. The fraction of sp³-hybridized carbons (Fsp3) is 0.130. The van der Waals surface area contributed by atoms with Gasteiger partial charge in [-0.3, -0.25) is 0 Å². The predicted molar refractivity (Wildman–Crippen MR) is 116 cm³/mol. The Morgan fingerprint density at radius 3 is 2.69 bits per heavy atom. The first-order chi connectivity index (χ1) is 15.5. The summed E-state index contributed by atoms with van der Waals surface area (Å²) in [4.78, 5) is 12.9. The summed E-state index contributed by atoms with van der Waals surface area (Å²) in [6, 6.07) is 14.2. The van der Waals surface area contributed by atoms with Crippen LogP contribution in [0, 0.1) is 19.7 Å². The molecule has 0 atom stereocenters. The highest BCUT2D eigenvalue weighted by atomic mass is 32.1. The topological polar surface area (TPSA) is 91.3 Å². The molecule has 160 valence electrons. The van der Waals surface area contributed by atoms with Crippen molar-refractivity contribution in [2.45, 2.75) is 20.5 Å². The standard InChI is InChI=1S/C23H16FN3O4S/c1-12-18-15(24)9-6-10-16(18)32-21(12)23(28)29-11-17-25-26-22(30-17)19-13(2)31-27-20(19)14-7-4-3-5-8-14/h3-10H,11H2,1-2H3. The number of esters is 1. The SMILES string of the molecule is Cc1onc(-c2ccccc2)c1-c1nnc(COC(=O)c2sc3cccc(F)c3c2C)o1. The summed E-state index contributed by atoms with van der Waals surface area (Å²) in [6.07, 6.45) is 0. The molecule has 0 bridgehead atoms. The van der Waals surface area contributed by atoms with Gasteiger partial charge in [0.15, 0.2) is 6.61 Å². The first kappa shape index (κ1) is 20.1. The molecule has 0 radical (unpaired) electrons. The third-order valence-electron chi connectivity index (χ3n) is 5.01. The van der Waals surface area contributed by atoms with Gasteiger partial charge in [-0.05, 0) is 31.5 Å². The second kappa shape index (κ2) is 8.01. The monoisotopic (exact) mass is 449 g/mol. The van der Waals surface area contributed by atoms with Gasteiger partial charge in [0.05, 0.1) is 0 Å². The van der Waals surface area contributed by atoms with E-state index in [9.17, 15) is 9.18 Å². The zero-order valence-electron chi connectivity index (χ0n) is 17.1. The number of aryl methyl sites for hydroxylation is 2. The summed E-state index contributed by atoms with van der Waals surface area (Å²) < 4.78 is 31.2. The Balaban J connectivity index is 1.36. The first-order valence-corrected chi connectivity index (χ1v) is 10.5. The van der Waals surface area contributed by atoms with Gasteiger partial charge < -0.3 is 13.7 Å². The van der Waals surface area contributed by atoms with Crippen molar-refractivity contribution in [1.29, 1.82) is 0 Å². The Morgan fingerprint density at radius 2 is 1.91 bits per heavy atom. The van der Waals surface area contributed by atoms with E-state index in [1.54, 1.807) is 26.0 Å². The molecule has 32 heavy (non-hydrogen) atoms. The average Bonchev–Trinajstić information content (AvgIpc) is 3.50. The van der Waals surface area contributed by atoms with Crippen LogP contribution in [0.1, 0.15) is 26.9 Å². The maximum atomic E-state index is 14.1. The van der Waals surface area contributed by atoms with E-state index in [1.807, 2.05) is 30.3 Å². The van der Waals surface area contributed by atoms with E-state index < -0.39 is 5.97 Å². The minimum atomic E-state index is -0.575. The van der Waals surface area contributed by atoms with Crippen LogP contribution in [0.3, 0.4) is 0 Å². The normalized spacial score (nSPS) is 11.2. The highest BCUT2D eigenvalue weighted by Gasteiger charge is 2.23. The molecule has 5 rings (SSSR count). The predicted octanol–water partition coefficient (Wildman–Crippen LogP) is 5.72. The van der Waals surface area contributed by atoms with Gasteiger partial charge >= 0.3 is 5.97 Å². The highest BCUT2D eigenvalue weighted by molar-refractivity contribution is 7.21. The molecule has 3 heterocycles. The molecule has 0 saturated carbocycles. The molecule has 0 aliphatic rings. The lowest BCUT2D eigenvalue weighted by Gasteiger charge is -2.01. The molecule has 0 amide bonds. The Kier molecular flexibility index (Phi) is 5.02. The van der Waals surface area contributed by atoms with Gasteiger partial charge in [-0.1, -0.05) is 41.6 Å². The molecular weight excluding hydrogens is 433 g/mol. The Hall–Kier alpha value is -3.85. The quantitative estimate of drug-likeness (QED) is 0.317. The van der Waals surface area contributed by atoms with Crippen LogP contribution in [-0.4, -0.2) is 21.3 Å².